The van der Waals surface area contributed by atoms with E-state index in [1.54, 1.807) is 16.8 Å². The smallest absolute Gasteiger partial charge is 0.339 e. The molecule has 0 spiro atoms. The molecule has 0 radical (unpaired) electrons. The summed E-state index contributed by atoms with van der Waals surface area (Å²) < 4.78 is 0. The minimum absolute atomic E-state index is 0.0767. The molecule has 8 heteroatoms. The molecule has 0 unspecified atom stereocenters. The van der Waals surface area contributed by atoms with Gasteiger partial charge < -0.3 is 15.7 Å². The number of amides is 2. The lowest BCUT2D eigenvalue weighted by atomic mass is 10.1. The van der Waals surface area contributed by atoms with Crippen molar-refractivity contribution in [2.24, 2.45) is 0 Å². The number of carboxylic acids is 1. The average Bonchev–Trinajstić information content (AvgIpc) is 3.14. The van der Waals surface area contributed by atoms with Gasteiger partial charge in [0.25, 0.3) is 5.91 Å². The zero-order valence-electron chi connectivity index (χ0n) is 13.3. The van der Waals surface area contributed by atoms with Crippen LogP contribution in [-0.4, -0.2) is 29.4 Å². The molecule has 2 amide bonds. The minimum atomic E-state index is -1.04. The van der Waals surface area contributed by atoms with Crippen LogP contribution in [0.1, 0.15) is 44.5 Å². The van der Waals surface area contributed by atoms with E-state index < -0.39 is 5.97 Å². The van der Waals surface area contributed by atoms with Gasteiger partial charge in [-0.1, -0.05) is 6.92 Å². The molecule has 6 nitrogen and oxygen atoms in total. The van der Waals surface area contributed by atoms with Gasteiger partial charge in [0, 0.05) is 28.8 Å². The standard InChI is InChI=1S/C16H18N2O4S2/c1-3-11-9(2)24-15(13(11)16(21)22)18-12(19)4-6-17-14(20)10-5-7-23-8-10/h5,7-8H,3-4,6H2,1-2H3,(H,17,20)(H,18,19)(H,21,22). The Bertz CT molecular complexity index is 750. The first-order chi connectivity index (χ1) is 11.4. The monoisotopic (exact) mass is 366 g/mol. The molecule has 3 N–H and O–H groups in total. The fourth-order valence-corrected chi connectivity index (χ4v) is 4.08. The van der Waals surface area contributed by atoms with E-state index in [-0.39, 0.29) is 30.3 Å². The summed E-state index contributed by atoms with van der Waals surface area (Å²) in [5.41, 5.74) is 1.47. The zero-order chi connectivity index (χ0) is 17.7. The first kappa shape index (κ1) is 18.2. The van der Waals surface area contributed by atoms with Crippen LogP contribution in [0.5, 0.6) is 0 Å². The van der Waals surface area contributed by atoms with Crippen LogP contribution >= 0.6 is 22.7 Å². The number of carbonyl (C=O) groups excluding carboxylic acids is 2. The molecule has 2 aromatic rings. The predicted molar refractivity (Wildman–Crippen MR) is 95.3 cm³/mol. The van der Waals surface area contributed by atoms with Crippen molar-refractivity contribution >= 4 is 45.5 Å². The van der Waals surface area contributed by atoms with E-state index in [1.807, 2.05) is 13.8 Å². The largest absolute Gasteiger partial charge is 0.478 e. The number of anilines is 1. The fourth-order valence-electron chi connectivity index (χ4n) is 2.29. The number of carbonyl (C=O) groups is 3. The Morgan fingerprint density at radius 1 is 1.29 bits per heavy atom. The Morgan fingerprint density at radius 2 is 2.04 bits per heavy atom. The number of carboxylic acid groups (broad SMARTS) is 1. The molecule has 24 heavy (non-hydrogen) atoms. The van der Waals surface area contributed by atoms with Crippen molar-refractivity contribution in [2.45, 2.75) is 26.7 Å². The molecule has 0 aliphatic rings. The van der Waals surface area contributed by atoms with Gasteiger partial charge in [-0.3, -0.25) is 9.59 Å². The van der Waals surface area contributed by atoms with Crippen molar-refractivity contribution in [1.82, 2.24) is 5.32 Å². The molecule has 0 saturated carbocycles. The summed E-state index contributed by atoms with van der Waals surface area (Å²) in [6.45, 7) is 3.91. The minimum Gasteiger partial charge on any atom is -0.478 e. The van der Waals surface area contributed by atoms with Crippen molar-refractivity contribution in [1.29, 1.82) is 0 Å². The first-order valence-corrected chi connectivity index (χ1v) is 9.15. The van der Waals surface area contributed by atoms with E-state index in [0.717, 1.165) is 10.4 Å². The molecule has 2 aromatic heterocycles. The lowest BCUT2D eigenvalue weighted by molar-refractivity contribution is -0.116. The summed E-state index contributed by atoms with van der Waals surface area (Å²) in [4.78, 5) is 36.1. The fraction of sp³-hybridized carbons (Fsp3) is 0.312. The van der Waals surface area contributed by atoms with Gasteiger partial charge in [0.15, 0.2) is 0 Å². The summed E-state index contributed by atoms with van der Waals surface area (Å²) in [5.74, 6) is -1.60. The van der Waals surface area contributed by atoms with Crippen LogP contribution < -0.4 is 10.6 Å². The number of aryl methyl sites for hydroxylation is 1. The van der Waals surface area contributed by atoms with Crippen LogP contribution in [-0.2, 0) is 11.2 Å². The van der Waals surface area contributed by atoms with Crippen molar-refractivity contribution in [3.8, 4) is 0 Å². The number of hydrogen-bond donors (Lipinski definition) is 3. The van der Waals surface area contributed by atoms with Crippen LogP contribution in [0.4, 0.5) is 5.00 Å². The second-order valence-electron chi connectivity index (χ2n) is 5.07. The zero-order valence-corrected chi connectivity index (χ0v) is 15.0. The van der Waals surface area contributed by atoms with Gasteiger partial charge in [-0.05, 0) is 30.4 Å². The molecule has 0 fully saturated rings. The molecule has 0 aliphatic carbocycles. The van der Waals surface area contributed by atoms with E-state index >= 15 is 0 Å². The van der Waals surface area contributed by atoms with E-state index in [9.17, 15) is 19.5 Å². The maximum Gasteiger partial charge on any atom is 0.339 e. The molecule has 128 valence electrons. The van der Waals surface area contributed by atoms with E-state index in [0.29, 0.717) is 17.0 Å². The molecule has 0 aromatic carbocycles. The third kappa shape index (κ3) is 4.21. The summed E-state index contributed by atoms with van der Waals surface area (Å²) >= 11 is 2.69. The Kier molecular flexibility index (Phi) is 6.10. The molecular formula is C16H18N2O4S2. The van der Waals surface area contributed by atoms with E-state index in [2.05, 4.69) is 10.6 Å². The summed E-state index contributed by atoms with van der Waals surface area (Å²) in [6, 6.07) is 1.71. The van der Waals surface area contributed by atoms with E-state index in [1.165, 1.54) is 22.7 Å². The number of rotatable bonds is 7. The highest BCUT2D eigenvalue weighted by Crippen LogP contribution is 2.33. The lowest BCUT2D eigenvalue weighted by Gasteiger charge is -2.06. The van der Waals surface area contributed by atoms with Gasteiger partial charge in [0.05, 0.1) is 5.56 Å². The maximum absolute atomic E-state index is 12.0. The second-order valence-corrected chi connectivity index (χ2v) is 7.07. The van der Waals surface area contributed by atoms with Crippen molar-refractivity contribution in [3.63, 3.8) is 0 Å². The SMILES string of the molecule is CCc1c(C)sc(NC(=O)CCNC(=O)c2ccsc2)c1C(=O)O. The third-order valence-corrected chi connectivity index (χ3v) is 5.20. The number of hydrogen-bond acceptors (Lipinski definition) is 5. The van der Waals surface area contributed by atoms with Gasteiger partial charge in [0.2, 0.25) is 5.91 Å². The Balaban J connectivity index is 1.93. The summed E-state index contributed by atoms with van der Waals surface area (Å²) in [5, 5.41) is 18.6. The lowest BCUT2D eigenvalue weighted by Crippen LogP contribution is -2.27. The van der Waals surface area contributed by atoms with Crippen LogP contribution in [0.3, 0.4) is 0 Å². The van der Waals surface area contributed by atoms with Crippen LogP contribution in [0.2, 0.25) is 0 Å². The highest BCUT2D eigenvalue weighted by Gasteiger charge is 2.21. The average molecular weight is 366 g/mol. The molecular weight excluding hydrogens is 348 g/mol. The molecule has 0 saturated heterocycles. The number of aromatic carboxylic acids is 1. The summed E-state index contributed by atoms with van der Waals surface area (Å²) in [6.07, 6.45) is 0.671. The number of nitrogens with one attached hydrogen (secondary N) is 2. The molecule has 0 bridgehead atoms. The quantitative estimate of drug-likeness (QED) is 0.701. The van der Waals surface area contributed by atoms with Gasteiger partial charge in [0.1, 0.15) is 5.00 Å². The molecule has 0 aliphatic heterocycles. The van der Waals surface area contributed by atoms with Gasteiger partial charge in [-0.25, -0.2) is 4.79 Å². The van der Waals surface area contributed by atoms with Crippen LogP contribution in [0, 0.1) is 6.92 Å². The normalized spacial score (nSPS) is 10.4. The summed E-state index contributed by atoms with van der Waals surface area (Å²) in [7, 11) is 0. The highest BCUT2D eigenvalue weighted by molar-refractivity contribution is 7.16. The van der Waals surface area contributed by atoms with Crippen molar-refractivity contribution in [3.05, 3.63) is 38.4 Å². The second kappa shape index (κ2) is 8.07. The van der Waals surface area contributed by atoms with E-state index in [4.69, 9.17) is 0 Å². The molecule has 0 atom stereocenters. The van der Waals surface area contributed by atoms with Crippen LogP contribution in [0.25, 0.3) is 0 Å². The molecule has 2 rings (SSSR count). The van der Waals surface area contributed by atoms with Crippen molar-refractivity contribution < 1.29 is 19.5 Å². The molecule has 2 heterocycles. The highest BCUT2D eigenvalue weighted by atomic mass is 32.1. The van der Waals surface area contributed by atoms with Gasteiger partial charge >= 0.3 is 5.97 Å². The first-order valence-electron chi connectivity index (χ1n) is 7.39. The van der Waals surface area contributed by atoms with Crippen molar-refractivity contribution in [2.75, 3.05) is 11.9 Å². The third-order valence-electron chi connectivity index (χ3n) is 3.45. The van der Waals surface area contributed by atoms with Crippen LogP contribution in [0.15, 0.2) is 16.8 Å². The maximum atomic E-state index is 12.0. The Hall–Kier alpha value is -2.19. The number of thiophene rings is 2. The van der Waals surface area contributed by atoms with Gasteiger partial charge in [-0.2, -0.15) is 11.3 Å². The van der Waals surface area contributed by atoms with Gasteiger partial charge in [-0.15, -0.1) is 11.3 Å². The predicted octanol–water partition coefficient (Wildman–Crippen LogP) is 3.14. The Labute approximate surface area is 147 Å². The topological polar surface area (TPSA) is 95.5 Å². The Morgan fingerprint density at radius 3 is 2.62 bits per heavy atom.